The van der Waals surface area contributed by atoms with E-state index in [9.17, 15) is 9.59 Å². The highest BCUT2D eigenvalue weighted by molar-refractivity contribution is 5.96. The van der Waals surface area contributed by atoms with Crippen molar-refractivity contribution in [3.63, 3.8) is 0 Å². The van der Waals surface area contributed by atoms with E-state index in [-0.39, 0.29) is 23.9 Å². The molecule has 0 radical (unpaired) electrons. The van der Waals surface area contributed by atoms with Gasteiger partial charge >= 0.3 is 6.03 Å². The summed E-state index contributed by atoms with van der Waals surface area (Å²) in [6.45, 7) is 7.26. The zero-order chi connectivity index (χ0) is 22.0. The fourth-order valence-corrected chi connectivity index (χ4v) is 4.05. The number of urea groups is 1. The van der Waals surface area contributed by atoms with E-state index in [0.717, 1.165) is 16.6 Å². The number of imidazole rings is 1. The van der Waals surface area contributed by atoms with Crippen molar-refractivity contribution in [3.8, 4) is 0 Å². The molecular weight excluding hydrogens is 390 g/mol. The number of benzene rings is 2. The summed E-state index contributed by atoms with van der Waals surface area (Å²) in [6, 6.07) is 16.6. The summed E-state index contributed by atoms with van der Waals surface area (Å²) in [5.41, 5.74) is 2.91. The molecule has 2 aromatic carbocycles. The Hall–Kier alpha value is -3.35. The largest absolute Gasteiger partial charge is 0.348 e. The molecule has 0 bridgehead atoms. The molecule has 162 valence electrons. The molecule has 4 rings (SSSR count). The average Bonchev–Trinajstić information content (AvgIpc) is 3.32. The van der Waals surface area contributed by atoms with E-state index in [4.69, 9.17) is 0 Å². The molecule has 0 saturated heterocycles. The Balaban J connectivity index is 1.48. The van der Waals surface area contributed by atoms with Crippen molar-refractivity contribution in [1.29, 1.82) is 0 Å². The van der Waals surface area contributed by atoms with Crippen LogP contribution in [-0.4, -0.2) is 34.1 Å². The van der Waals surface area contributed by atoms with Crippen molar-refractivity contribution in [1.82, 2.24) is 20.2 Å². The lowest BCUT2D eigenvalue weighted by molar-refractivity contribution is -0.123. The van der Waals surface area contributed by atoms with Gasteiger partial charge in [0.1, 0.15) is 6.04 Å². The third kappa shape index (κ3) is 4.40. The van der Waals surface area contributed by atoms with Crippen LogP contribution in [0.15, 0.2) is 54.6 Å². The van der Waals surface area contributed by atoms with Crippen molar-refractivity contribution in [2.45, 2.75) is 45.8 Å². The molecule has 0 aliphatic carbocycles. The maximum Gasteiger partial charge on any atom is 0.324 e. The van der Waals surface area contributed by atoms with Crippen LogP contribution in [0.25, 0.3) is 11.0 Å². The van der Waals surface area contributed by atoms with Crippen LogP contribution in [0.5, 0.6) is 0 Å². The normalized spacial score (nSPS) is 15.0. The van der Waals surface area contributed by atoms with Crippen LogP contribution < -0.4 is 15.5 Å². The molecule has 2 unspecified atom stereocenters. The molecule has 7 nitrogen and oxygen atoms in total. The molecule has 2 N–H and O–H groups in total. The van der Waals surface area contributed by atoms with Crippen molar-refractivity contribution in [2.75, 3.05) is 11.4 Å². The number of hydrogen-bond donors (Lipinski definition) is 2. The van der Waals surface area contributed by atoms with E-state index < -0.39 is 6.04 Å². The second-order valence-corrected chi connectivity index (χ2v) is 8.48. The summed E-state index contributed by atoms with van der Waals surface area (Å²) in [5.74, 6) is 0.706. The van der Waals surface area contributed by atoms with Crippen molar-refractivity contribution < 1.29 is 9.59 Å². The molecule has 1 aliphatic rings. The van der Waals surface area contributed by atoms with Crippen molar-refractivity contribution in [2.24, 2.45) is 5.92 Å². The Morgan fingerprint density at radius 3 is 2.42 bits per heavy atom. The van der Waals surface area contributed by atoms with Crippen molar-refractivity contribution in [3.05, 3.63) is 60.2 Å². The molecule has 0 saturated carbocycles. The van der Waals surface area contributed by atoms with Gasteiger partial charge in [0.2, 0.25) is 11.9 Å². The number of nitrogens with zero attached hydrogens (tertiary/aromatic N) is 3. The van der Waals surface area contributed by atoms with Gasteiger partial charge in [-0.05, 0) is 37.0 Å². The summed E-state index contributed by atoms with van der Waals surface area (Å²) in [5, 5.41) is 6.00. The molecular formula is C24H29N5O2. The van der Waals surface area contributed by atoms with E-state index in [1.807, 2.05) is 79.9 Å². The van der Waals surface area contributed by atoms with Gasteiger partial charge in [0.05, 0.1) is 17.1 Å². The maximum atomic E-state index is 13.1. The zero-order valence-electron chi connectivity index (χ0n) is 18.2. The number of nitrogens with one attached hydrogen (secondary N) is 2. The van der Waals surface area contributed by atoms with Crippen LogP contribution in [-0.2, 0) is 11.3 Å². The van der Waals surface area contributed by atoms with Crippen LogP contribution in [0, 0.1) is 5.92 Å². The van der Waals surface area contributed by atoms with Gasteiger partial charge in [-0.3, -0.25) is 9.69 Å². The minimum atomic E-state index is -0.614. The van der Waals surface area contributed by atoms with E-state index >= 15 is 0 Å². The Kier molecular flexibility index (Phi) is 5.93. The number of carbonyl (C=O) groups is 2. The molecule has 1 aliphatic heterocycles. The summed E-state index contributed by atoms with van der Waals surface area (Å²) in [6.07, 6.45) is 0.559. The lowest BCUT2D eigenvalue weighted by Crippen LogP contribution is -2.52. The summed E-state index contributed by atoms with van der Waals surface area (Å²) >= 11 is 0. The number of hydrogen-bond acceptors (Lipinski definition) is 3. The van der Waals surface area contributed by atoms with E-state index in [0.29, 0.717) is 25.5 Å². The fraction of sp³-hybridized carbons (Fsp3) is 0.375. The van der Waals surface area contributed by atoms with Gasteiger partial charge in [0.25, 0.3) is 0 Å². The number of anilines is 1. The number of fused-ring (bicyclic) bond motifs is 3. The highest BCUT2D eigenvalue weighted by Gasteiger charge is 2.31. The van der Waals surface area contributed by atoms with E-state index in [1.165, 1.54) is 0 Å². The van der Waals surface area contributed by atoms with Crippen LogP contribution in [0.2, 0.25) is 0 Å². The van der Waals surface area contributed by atoms with E-state index in [2.05, 4.69) is 15.6 Å². The minimum absolute atomic E-state index is 0.142. The van der Waals surface area contributed by atoms with Crippen molar-refractivity contribution >= 4 is 28.9 Å². The van der Waals surface area contributed by atoms with Gasteiger partial charge in [-0.15, -0.1) is 0 Å². The number of aromatic nitrogens is 2. The molecule has 0 spiro atoms. The van der Waals surface area contributed by atoms with E-state index in [1.54, 1.807) is 4.90 Å². The Morgan fingerprint density at radius 1 is 0.968 bits per heavy atom. The van der Waals surface area contributed by atoms with Gasteiger partial charge in [-0.1, -0.05) is 56.3 Å². The average molecular weight is 420 g/mol. The second-order valence-electron chi connectivity index (χ2n) is 8.48. The Labute approximate surface area is 182 Å². The third-order valence-corrected chi connectivity index (χ3v) is 5.65. The lowest BCUT2D eigenvalue weighted by atomic mass is 10.0. The second kappa shape index (κ2) is 8.79. The van der Waals surface area contributed by atoms with Crippen LogP contribution in [0.3, 0.4) is 0 Å². The predicted molar refractivity (Wildman–Crippen MR) is 122 cm³/mol. The quantitative estimate of drug-likeness (QED) is 0.637. The number of carbonyl (C=O) groups excluding carboxylic acids is 2. The molecule has 0 fully saturated rings. The topological polar surface area (TPSA) is 79.3 Å². The smallest absolute Gasteiger partial charge is 0.324 e. The first-order chi connectivity index (χ1) is 14.9. The minimum Gasteiger partial charge on any atom is -0.348 e. The molecule has 2 atom stereocenters. The molecule has 3 aromatic rings. The van der Waals surface area contributed by atoms with Gasteiger partial charge in [-0.25, -0.2) is 9.78 Å². The summed E-state index contributed by atoms with van der Waals surface area (Å²) in [7, 11) is 0. The van der Waals surface area contributed by atoms with Gasteiger partial charge in [-0.2, -0.15) is 0 Å². The number of para-hydroxylation sites is 2. The van der Waals surface area contributed by atoms with Crippen LogP contribution in [0.1, 0.15) is 38.8 Å². The predicted octanol–water partition coefficient (Wildman–Crippen LogP) is 3.86. The first-order valence-corrected chi connectivity index (χ1v) is 10.8. The first kappa shape index (κ1) is 20.9. The fourth-order valence-electron chi connectivity index (χ4n) is 4.05. The molecule has 3 amide bonds. The van der Waals surface area contributed by atoms with Gasteiger partial charge in [0, 0.05) is 13.1 Å². The highest BCUT2D eigenvalue weighted by Crippen LogP contribution is 2.27. The first-order valence-electron chi connectivity index (χ1n) is 10.8. The standard InChI is InChI=1S/C24H29N5O2/c1-16(2)15-20(22(30)25-17(3)18-9-5-4-6-10-18)27-24(31)29-14-13-28-21-12-8-7-11-19(21)26-23(28)29/h4-12,16-17,20H,13-15H2,1-3H3,(H,25,30)(H,27,31). The van der Waals surface area contributed by atoms with Crippen LogP contribution >= 0.6 is 0 Å². The molecule has 7 heteroatoms. The number of amides is 3. The van der Waals surface area contributed by atoms with Gasteiger partial charge in [0.15, 0.2) is 0 Å². The monoisotopic (exact) mass is 419 g/mol. The SMILES string of the molecule is CC(C)CC(NC(=O)N1CCn2c1nc1ccccc12)C(=O)NC(C)c1ccccc1. The molecule has 31 heavy (non-hydrogen) atoms. The van der Waals surface area contributed by atoms with Crippen LogP contribution in [0.4, 0.5) is 10.7 Å². The highest BCUT2D eigenvalue weighted by atomic mass is 16.2. The Bertz CT molecular complexity index is 1080. The third-order valence-electron chi connectivity index (χ3n) is 5.65. The zero-order valence-corrected chi connectivity index (χ0v) is 18.2. The molecule has 1 aromatic heterocycles. The van der Waals surface area contributed by atoms with Gasteiger partial charge < -0.3 is 15.2 Å². The Morgan fingerprint density at radius 2 is 1.68 bits per heavy atom. The lowest BCUT2D eigenvalue weighted by Gasteiger charge is -2.25. The molecule has 2 heterocycles. The number of rotatable bonds is 6. The summed E-state index contributed by atoms with van der Waals surface area (Å²) < 4.78 is 2.05. The summed E-state index contributed by atoms with van der Waals surface area (Å²) in [4.78, 5) is 32.4. The maximum absolute atomic E-state index is 13.1.